The molecule has 0 saturated carbocycles. The molecule has 1 aromatic carbocycles. The van der Waals surface area contributed by atoms with Crippen molar-refractivity contribution in [2.45, 2.75) is 39.5 Å². The molecule has 0 unspecified atom stereocenters. The van der Waals surface area contributed by atoms with E-state index in [2.05, 4.69) is 15.0 Å². The van der Waals surface area contributed by atoms with Gasteiger partial charge in [0.05, 0.1) is 17.7 Å². The van der Waals surface area contributed by atoms with Crippen LogP contribution < -0.4 is 5.73 Å². The lowest BCUT2D eigenvalue weighted by atomic mass is 10.1. The summed E-state index contributed by atoms with van der Waals surface area (Å²) >= 11 is 0. The SMILES string of the molecule is CCOCc1nc2c(N)nc3cc(-c4ccc(F)c(F)c4)cnc3c2n1CC(C)(C)O. The number of hydrogen-bond acceptors (Lipinski definition) is 6. The maximum atomic E-state index is 13.7. The predicted octanol–water partition coefficient (Wildman–Crippen LogP) is 3.81. The maximum Gasteiger partial charge on any atom is 0.159 e. The third-order valence-electron chi connectivity index (χ3n) is 4.86. The second-order valence-electron chi connectivity index (χ2n) is 7.98. The van der Waals surface area contributed by atoms with Crippen molar-refractivity contribution in [3.05, 3.63) is 47.9 Å². The van der Waals surface area contributed by atoms with Crippen LogP contribution in [0.4, 0.5) is 14.6 Å². The number of anilines is 1. The van der Waals surface area contributed by atoms with Crippen LogP contribution in [0.1, 0.15) is 26.6 Å². The van der Waals surface area contributed by atoms with Crippen LogP contribution in [-0.2, 0) is 17.9 Å². The van der Waals surface area contributed by atoms with E-state index in [1.54, 1.807) is 26.1 Å². The van der Waals surface area contributed by atoms with Gasteiger partial charge in [0.15, 0.2) is 17.5 Å². The topological polar surface area (TPSA) is 99.1 Å². The second-order valence-corrected chi connectivity index (χ2v) is 7.98. The molecule has 3 heterocycles. The molecule has 3 aromatic heterocycles. The molecule has 0 aliphatic carbocycles. The number of imidazole rings is 1. The van der Waals surface area contributed by atoms with Gasteiger partial charge in [-0.2, -0.15) is 0 Å². The van der Waals surface area contributed by atoms with Gasteiger partial charge >= 0.3 is 0 Å². The van der Waals surface area contributed by atoms with Gasteiger partial charge in [0.25, 0.3) is 0 Å². The minimum absolute atomic E-state index is 0.207. The Kier molecular flexibility index (Phi) is 5.32. The zero-order valence-electron chi connectivity index (χ0n) is 17.5. The lowest BCUT2D eigenvalue weighted by Crippen LogP contribution is -2.27. The van der Waals surface area contributed by atoms with Gasteiger partial charge < -0.3 is 20.1 Å². The summed E-state index contributed by atoms with van der Waals surface area (Å²) in [5.74, 6) is -1.05. The standard InChI is InChI=1S/C22H23F2N5O2/c1-4-31-10-17-28-19-20(29(17)11-22(2,3)30)18-16(27-21(19)25)8-13(9-26-18)12-5-6-14(23)15(24)7-12/h5-9,30H,4,10-11H2,1-3H3,(H2,25,27). The first-order valence-electron chi connectivity index (χ1n) is 9.88. The van der Waals surface area contributed by atoms with E-state index < -0.39 is 17.2 Å². The van der Waals surface area contributed by atoms with Crippen LogP contribution >= 0.6 is 0 Å². The number of nitrogen functional groups attached to an aromatic ring is 1. The summed E-state index contributed by atoms with van der Waals surface area (Å²) in [5.41, 5.74) is 8.34. The first-order chi connectivity index (χ1) is 14.7. The molecule has 9 heteroatoms. The summed E-state index contributed by atoms with van der Waals surface area (Å²) in [6.45, 7) is 6.28. The van der Waals surface area contributed by atoms with Crippen molar-refractivity contribution >= 4 is 27.9 Å². The zero-order valence-corrected chi connectivity index (χ0v) is 17.5. The van der Waals surface area contributed by atoms with Crippen molar-refractivity contribution in [3.63, 3.8) is 0 Å². The highest BCUT2D eigenvalue weighted by atomic mass is 19.2. The molecule has 7 nitrogen and oxygen atoms in total. The lowest BCUT2D eigenvalue weighted by molar-refractivity contribution is 0.0582. The molecular weight excluding hydrogens is 404 g/mol. The van der Waals surface area contributed by atoms with Crippen LogP contribution in [0, 0.1) is 11.6 Å². The van der Waals surface area contributed by atoms with Crippen LogP contribution in [0.5, 0.6) is 0 Å². The van der Waals surface area contributed by atoms with E-state index in [0.717, 1.165) is 12.1 Å². The minimum atomic E-state index is -1.02. The number of aromatic nitrogens is 4. The van der Waals surface area contributed by atoms with Gasteiger partial charge in [0, 0.05) is 18.4 Å². The van der Waals surface area contributed by atoms with E-state index in [0.29, 0.717) is 45.6 Å². The number of hydrogen-bond donors (Lipinski definition) is 2. The number of benzene rings is 1. The number of aliphatic hydroxyl groups is 1. The van der Waals surface area contributed by atoms with Crippen LogP contribution in [-0.4, -0.2) is 36.8 Å². The normalized spacial score (nSPS) is 12.2. The summed E-state index contributed by atoms with van der Waals surface area (Å²) < 4.78 is 34.4. The average molecular weight is 427 g/mol. The van der Waals surface area contributed by atoms with Crippen molar-refractivity contribution in [1.82, 2.24) is 19.5 Å². The first kappa shape index (κ1) is 21.1. The van der Waals surface area contributed by atoms with Crippen molar-refractivity contribution in [2.75, 3.05) is 12.3 Å². The summed E-state index contributed by atoms with van der Waals surface area (Å²) in [4.78, 5) is 13.6. The summed E-state index contributed by atoms with van der Waals surface area (Å²) in [5, 5.41) is 10.5. The van der Waals surface area contributed by atoms with E-state index in [-0.39, 0.29) is 19.0 Å². The van der Waals surface area contributed by atoms with Gasteiger partial charge in [0.1, 0.15) is 29.0 Å². The molecule has 3 N–H and O–H groups in total. The fourth-order valence-corrected chi connectivity index (χ4v) is 3.52. The van der Waals surface area contributed by atoms with Gasteiger partial charge in [0.2, 0.25) is 0 Å². The zero-order chi connectivity index (χ0) is 22.3. The maximum absolute atomic E-state index is 13.7. The van der Waals surface area contributed by atoms with E-state index >= 15 is 0 Å². The Balaban J connectivity index is 1.94. The first-order valence-corrected chi connectivity index (χ1v) is 9.88. The Labute approximate surface area is 177 Å². The van der Waals surface area contributed by atoms with Gasteiger partial charge in [-0.15, -0.1) is 0 Å². The van der Waals surface area contributed by atoms with Gasteiger partial charge in [-0.05, 0) is 44.5 Å². The largest absolute Gasteiger partial charge is 0.389 e. The Bertz CT molecular complexity index is 1280. The Morgan fingerprint density at radius 3 is 2.55 bits per heavy atom. The minimum Gasteiger partial charge on any atom is -0.389 e. The number of nitrogens with zero attached hydrogens (tertiary/aromatic N) is 4. The molecule has 0 radical (unpaired) electrons. The molecule has 162 valence electrons. The van der Waals surface area contributed by atoms with E-state index in [1.165, 1.54) is 6.07 Å². The molecule has 0 atom stereocenters. The summed E-state index contributed by atoms with van der Waals surface area (Å²) in [7, 11) is 0. The second kappa shape index (κ2) is 7.82. The Morgan fingerprint density at radius 1 is 1.10 bits per heavy atom. The highest BCUT2D eigenvalue weighted by Gasteiger charge is 2.23. The molecule has 4 rings (SSSR count). The molecule has 0 amide bonds. The van der Waals surface area contributed by atoms with Crippen LogP contribution in [0.15, 0.2) is 30.5 Å². The molecule has 4 aromatic rings. The van der Waals surface area contributed by atoms with E-state index in [9.17, 15) is 13.9 Å². The monoisotopic (exact) mass is 427 g/mol. The van der Waals surface area contributed by atoms with Crippen LogP contribution in [0.3, 0.4) is 0 Å². The number of ether oxygens (including phenoxy) is 1. The number of rotatable bonds is 6. The number of nitrogens with two attached hydrogens (primary N) is 1. The van der Waals surface area contributed by atoms with Crippen molar-refractivity contribution in [3.8, 4) is 11.1 Å². The van der Waals surface area contributed by atoms with Gasteiger partial charge in [-0.3, -0.25) is 4.98 Å². The highest BCUT2D eigenvalue weighted by Crippen LogP contribution is 2.31. The molecule has 0 spiro atoms. The van der Waals surface area contributed by atoms with Gasteiger partial charge in [-0.1, -0.05) is 6.07 Å². The third kappa shape index (κ3) is 4.06. The molecule has 0 aliphatic heterocycles. The number of fused-ring (bicyclic) bond motifs is 3. The average Bonchev–Trinajstić information content (AvgIpc) is 3.05. The summed E-state index contributed by atoms with van der Waals surface area (Å²) in [6.07, 6.45) is 1.57. The molecule has 31 heavy (non-hydrogen) atoms. The predicted molar refractivity (Wildman–Crippen MR) is 114 cm³/mol. The van der Waals surface area contributed by atoms with Gasteiger partial charge in [-0.25, -0.2) is 18.7 Å². The third-order valence-corrected chi connectivity index (χ3v) is 4.86. The van der Waals surface area contributed by atoms with Crippen molar-refractivity contribution < 1.29 is 18.6 Å². The van der Waals surface area contributed by atoms with E-state index in [4.69, 9.17) is 10.5 Å². The van der Waals surface area contributed by atoms with Crippen molar-refractivity contribution in [2.24, 2.45) is 0 Å². The summed E-state index contributed by atoms with van der Waals surface area (Å²) in [6, 6.07) is 5.37. The molecule has 0 aliphatic rings. The van der Waals surface area contributed by atoms with Crippen LogP contribution in [0.2, 0.25) is 0 Å². The fourth-order valence-electron chi connectivity index (χ4n) is 3.52. The Hall–Kier alpha value is -3.17. The lowest BCUT2D eigenvalue weighted by Gasteiger charge is -2.20. The van der Waals surface area contributed by atoms with Crippen LogP contribution in [0.25, 0.3) is 33.2 Å². The highest BCUT2D eigenvalue weighted by molar-refractivity contribution is 6.05. The molecule has 0 fully saturated rings. The Morgan fingerprint density at radius 2 is 1.87 bits per heavy atom. The smallest absolute Gasteiger partial charge is 0.159 e. The fraction of sp³-hybridized carbons (Fsp3) is 0.318. The van der Waals surface area contributed by atoms with E-state index in [1.807, 2.05) is 11.5 Å². The quantitative estimate of drug-likeness (QED) is 0.485. The molecule has 0 saturated heterocycles. The molecular formula is C22H23F2N5O2. The number of halogens is 2. The molecule has 0 bridgehead atoms. The number of pyridine rings is 2. The van der Waals surface area contributed by atoms with Crippen molar-refractivity contribution in [1.29, 1.82) is 0 Å².